The average Bonchev–Trinajstić information content (AvgIpc) is 3.33. The molecule has 1 aromatic rings. The van der Waals surface area contributed by atoms with E-state index in [2.05, 4.69) is 6.92 Å². The lowest BCUT2D eigenvalue weighted by Gasteiger charge is -2.13. The summed E-state index contributed by atoms with van der Waals surface area (Å²) in [5.41, 5.74) is 0.909. The van der Waals surface area contributed by atoms with Crippen LogP contribution < -0.4 is 0 Å². The second-order valence-corrected chi connectivity index (χ2v) is 12.3. The van der Waals surface area contributed by atoms with Crippen molar-refractivity contribution < 1.29 is 38.0 Å². The first kappa shape index (κ1) is 41.3. The van der Waals surface area contributed by atoms with Crippen molar-refractivity contribution in [1.29, 1.82) is 0 Å². The van der Waals surface area contributed by atoms with E-state index in [-0.39, 0.29) is 25.0 Å². The van der Waals surface area contributed by atoms with Crippen LogP contribution in [-0.4, -0.2) is 103 Å². The number of hydrogen-bond acceptors (Lipinski definition) is 8. The van der Waals surface area contributed by atoms with Gasteiger partial charge in [-0.2, -0.15) is 0 Å². The fourth-order valence-electron chi connectivity index (χ4n) is 5.55. The first-order valence-electron chi connectivity index (χ1n) is 18.7. The standard InChI is InChI=1S/C38H65NO8/c1-2-3-4-5-6-7-8-9-10-11-12-13-14-15-16-19-23-42-25-27-44-29-31-46-33-34-47-32-30-45-28-26-43-24-22-39-37(40)35-20-17-18-21-36(35)38(39)41/h17-18,20-21H,2-16,19,22-34H2,1H3. The number of carbonyl (C=O) groups is 2. The predicted octanol–water partition coefficient (Wildman–Crippen LogP) is 7.64. The number of benzene rings is 1. The van der Waals surface area contributed by atoms with Crippen molar-refractivity contribution in [3.05, 3.63) is 35.4 Å². The SMILES string of the molecule is CCCCCCCCCCCCCCCCCCOCCOCCOCCOCCOCCOCCN1C(=O)c2ccccc2C1=O. The number of hydrogen-bond donors (Lipinski definition) is 0. The fraction of sp³-hybridized carbons (Fsp3) is 0.789. The molecule has 0 unspecified atom stereocenters. The van der Waals surface area contributed by atoms with Gasteiger partial charge in [-0.1, -0.05) is 115 Å². The summed E-state index contributed by atoms with van der Waals surface area (Å²) in [7, 11) is 0. The summed E-state index contributed by atoms with van der Waals surface area (Å²) >= 11 is 0. The van der Waals surface area contributed by atoms with Gasteiger partial charge in [0.2, 0.25) is 0 Å². The molecule has 1 heterocycles. The van der Waals surface area contributed by atoms with E-state index in [0.717, 1.165) is 13.0 Å². The minimum absolute atomic E-state index is 0.230. The van der Waals surface area contributed by atoms with Crippen molar-refractivity contribution in [3.63, 3.8) is 0 Å². The van der Waals surface area contributed by atoms with Gasteiger partial charge < -0.3 is 28.4 Å². The van der Waals surface area contributed by atoms with Gasteiger partial charge in [0.15, 0.2) is 0 Å². The Kier molecular flexibility index (Phi) is 26.5. The molecule has 0 aliphatic carbocycles. The van der Waals surface area contributed by atoms with E-state index in [1.807, 2.05) is 0 Å². The third-order valence-corrected chi connectivity index (χ3v) is 8.34. The van der Waals surface area contributed by atoms with E-state index < -0.39 is 0 Å². The van der Waals surface area contributed by atoms with E-state index in [0.29, 0.717) is 77.2 Å². The summed E-state index contributed by atoms with van der Waals surface area (Å²) in [6.07, 6.45) is 22.1. The van der Waals surface area contributed by atoms with Gasteiger partial charge >= 0.3 is 0 Å². The molecule has 0 aromatic heterocycles. The smallest absolute Gasteiger partial charge is 0.261 e. The van der Waals surface area contributed by atoms with Crippen LogP contribution in [-0.2, 0) is 28.4 Å². The molecule has 0 fully saturated rings. The van der Waals surface area contributed by atoms with E-state index in [1.54, 1.807) is 24.3 Å². The van der Waals surface area contributed by atoms with Gasteiger partial charge in [0.05, 0.1) is 90.3 Å². The summed E-state index contributed by atoms with van der Waals surface area (Å²) in [5.74, 6) is -0.528. The Hall–Kier alpha value is -1.88. The van der Waals surface area contributed by atoms with Crippen LogP contribution in [0.5, 0.6) is 0 Å². The molecule has 0 bridgehead atoms. The van der Waals surface area contributed by atoms with Crippen molar-refractivity contribution in [3.8, 4) is 0 Å². The molecule has 0 spiro atoms. The number of rotatable bonds is 35. The average molecular weight is 664 g/mol. The predicted molar refractivity (Wildman–Crippen MR) is 186 cm³/mol. The Labute approximate surface area is 285 Å². The Balaban J connectivity index is 1.18. The van der Waals surface area contributed by atoms with E-state index in [1.165, 1.54) is 101 Å². The summed E-state index contributed by atoms with van der Waals surface area (Å²) in [5, 5.41) is 0. The van der Waals surface area contributed by atoms with Crippen LogP contribution in [0.1, 0.15) is 130 Å². The number of nitrogens with zero attached hydrogens (tertiary/aromatic N) is 1. The van der Waals surface area contributed by atoms with Gasteiger partial charge in [-0.3, -0.25) is 14.5 Å². The van der Waals surface area contributed by atoms with Crippen LogP contribution in [0, 0.1) is 0 Å². The topological polar surface area (TPSA) is 92.8 Å². The molecule has 1 aliphatic heterocycles. The maximum Gasteiger partial charge on any atom is 0.261 e. The van der Waals surface area contributed by atoms with Crippen molar-refractivity contribution in [2.24, 2.45) is 0 Å². The monoisotopic (exact) mass is 663 g/mol. The molecule has 0 saturated heterocycles. The number of amides is 2. The molecule has 9 nitrogen and oxygen atoms in total. The van der Waals surface area contributed by atoms with Crippen molar-refractivity contribution in [2.75, 3.05) is 85.8 Å². The summed E-state index contributed by atoms with van der Waals surface area (Å²) < 4.78 is 33.3. The van der Waals surface area contributed by atoms with E-state index in [9.17, 15) is 9.59 Å². The maximum absolute atomic E-state index is 12.3. The minimum atomic E-state index is -0.264. The van der Waals surface area contributed by atoms with Gasteiger partial charge in [0.1, 0.15) is 0 Å². The fourth-order valence-corrected chi connectivity index (χ4v) is 5.55. The molecule has 270 valence electrons. The van der Waals surface area contributed by atoms with Crippen LogP contribution in [0.4, 0.5) is 0 Å². The van der Waals surface area contributed by atoms with Crippen molar-refractivity contribution in [1.82, 2.24) is 4.90 Å². The van der Waals surface area contributed by atoms with Crippen molar-refractivity contribution >= 4 is 11.8 Å². The van der Waals surface area contributed by atoms with Gasteiger partial charge in [-0.25, -0.2) is 0 Å². The highest BCUT2D eigenvalue weighted by atomic mass is 16.6. The highest BCUT2D eigenvalue weighted by molar-refractivity contribution is 6.21. The highest BCUT2D eigenvalue weighted by Gasteiger charge is 2.34. The number of unbranched alkanes of at least 4 members (excludes halogenated alkanes) is 15. The van der Waals surface area contributed by atoms with Gasteiger partial charge in [0, 0.05) is 6.61 Å². The van der Waals surface area contributed by atoms with Gasteiger partial charge in [-0.15, -0.1) is 0 Å². The van der Waals surface area contributed by atoms with Crippen LogP contribution >= 0.6 is 0 Å². The Morgan fingerprint density at radius 1 is 0.404 bits per heavy atom. The zero-order chi connectivity index (χ0) is 33.5. The molecular formula is C38H65NO8. The van der Waals surface area contributed by atoms with Gasteiger partial charge in [0.25, 0.3) is 11.8 Å². The molecule has 0 atom stereocenters. The molecule has 0 saturated carbocycles. The third-order valence-electron chi connectivity index (χ3n) is 8.34. The quantitative estimate of drug-likeness (QED) is 0.0541. The largest absolute Gasteiger partial charge is 0.379 e. The number of carbonyl (C=O) groups excluding carboxylic acids is 2. The Bertz CT molecular complexity index is 863. The summed E-state index contributed by atoms with van der Waals surface area (Å²) in [4.78, 5) is 25.8. The van der Waals surface area contributed by atoms with Crippen LogP contribution in [0.2, 0.25) is 0 Å². The number of ether oxygens (including phenoxy) is 6. The molecule has 2 rings (SSSR count). The molecule has 0 N–H and O–H groups in total. The molecular weight excluding hydrogens is 598 g/mol. The van der Waals surface area contributed by atoms with Crippen LogP contribution in [0.15, 0.2) is 24.3 Å². The molecule has 2 amide bonds. The lowest BCUT2D eigenvalue weighted by Crippen LogP contribution is -2.33. The third kappa shape index (κ3) is 21.0. The maximum atomic E-state index is 12.3. The normalized spacial score (nSPS) is 12.8. The molecule has 1 aromatic carbocycles. The van der Waals surface area contributed by atoms with E-state index >= 15 is 0 Å². The van der Waals surface area contributed by atoms with Crippen LogP contribution in [0.3, 0.4) is 0 Å². The zero-order valence-corrected chi connectivity index (χ0v) is 29.5. The first-order chi connectivity index (χ1) is 23.3. The van der Waals surface area contributed by atoms with E-state index in [4.69, 9.17) is 28.4 Å². The van der Waals surface area contributed by atoms with Crippen molar-refractivity contribution in [2.45, 2.75) is 110 Å². The second-order valence-electron chi connectivity index (χ2n) is 12.3. The number of imide groups is 1. The zero-order valence-electron chi connectivity index (χ0n) is 29.5. The van der Waals surface area contributed by atoms with Gasteiger partial charge in [-0.05, 0) is 18.6 Å². The highest BCUT2D eigenvalue weighted by Crippen LogP contribution is 2.22. The summed E-state index contributed by atoms with van der Waals surface area (Å²) in [6, 6.07) is 6.86. The molecule has 47 heavy (non-hydrogen) atoms. The molecule has 1 aliphatic rings. The Morgan fingerprint density at radius 2 is 0.702 bits per heavy atom. The molecule has 0 radical (unpaired) electrons. The number of fused-ring (bicyclic) bond motifs is 1. The van der Waals surface area contributed by atoms with Crippen LogP contribution in [0.25, 0.3) is 0 Å². The lowest BCUT2D eigenvalue weighted by atomic mass is 10.0. The minimum Gasteiger partial charge on any atom is -0.379 e. The first-order valence-corrected chi connectivity index (χ1v) is 18.7. The second kappa shape index (κ2) is 30.2. The summed E-state index contributed by atoms with van der Waals surface area (Å²) in [6.45, 7) is 8.71. The molecule has 9 heteroatoms. The lowest BCUT2D eigenvalue weighted by molar-refractivity contribution is -0.0173. The Morgan fingerprint density at radius 3 is 1.06 bits per heavy atom.